The monoisotopic (exact) mass is 353 g/mol. The molecule has 0 atom stereocenters. The van der Waals surface area contributed by atoms with Gasteiger partial charge in [-0.15, -0.1) is 0 Å². The molecule has 0 aliphatic heterocycles. The van der Waals surface area contributed by atoms with Gasteiger partial charge in [-0.25, -0.2) is 8.42 Å². The molecule has 1 aromatic carbocycles. The largest absolute Gasteiger partial charge is 0.496 e. The normalized spacial score (nSPS) is 16.9. The van der Waals surface area contributed by atoms with Gasteiger partial charge in [0, 0.05) is 11.6 Å². The van der Waals surface area contributed by atoms with Crippen molar-refractivity contribution in [2.75, 3.05) is 12.9 Å². The van der Waals surface area contributed by atoms with Crippen LogP contribution in [-0.4, -0.2) is 33.2 Å². The lowest BCUT2D eigenvalue weighted by Gasteiger charge is -2.21. The average Bonchev–Trinajstić information content (AvgIpc) is 2.49. The van der Waals surface area contributed by atoms with Gasteiger partial charge in [-0.1, -0.05) is 50.3 Å². The second-order valence-electron chi connectivity index (χ2n) is 6.45. The predicted molar refractivity (Wildman–Crippen MR) is 94.7 cm³/mol. The maximum Gasteiger partial charge on any atom is 0.235 e. The number of hydrogen-bond acceptors (Lipinski definition) is 4. The summed E-state index contributed by atoms with van der Waals surface area (Å²) in [6, 6.07) is 7.10. The van der Waals surface area contributed by atoms with Crippen molar-refractivity contribution in [3.63, 3.8) is 0 Å². The summed E-state index contributed by atoms with van der Waals surface area (Å²) in [5.41, 5.74) is 0.582. The molecule has 2 rings (SSSR count). The fraction of sp³-hybridized carbons (Fsp3) is 0.611. The van der Waals surface area contributed by atoms with Gasteiger partial charge in [0.25, 0.3) is 0 Å². The molecule has 1 amide bonds. The SMILES string of the molecule is COc1ccccc1CS(=O)(=O)CC(=O)NC1CCCCCCC1. The lowest BCUT2D eigenvalue weighted by atomic mass is 9.97. The van der Waals surface area contributed by atoms with Crippen LogP contribution in [0.3, 0.4) is 0 Å². The number of nitrogens with one attached hydrogen (secondary N) is 1. The van der Waals surface area contributed by atoms with Gasteiger partial charge in [-0.2, -0.15) is 0 Å². The molecule has 1 aliphatic carbocycles. The molecule has 1 N–H and O–H groups in total. The van der Waals surface area contributed by atoms with Crippen LogP contribution >= 0.6 is 0 Å². The summed E-state index contributed by atoms with van der Waals surface area (Å²) in [5, 5.41) is 2.91. The molecule has 6 heteroatoms. The smallest absolute Gasteiger partial charge is 0.235 e. The molecule has 24 heavy (non-hydrogen) atoms. The van der Waals surface area contributed by atoms with Gasteiger partial charge in [0.15, 0.2) is 9.84 Å². The number of methoxy groups -OCH3 is 1. The molecular weight excluding hydrogens is 326 g/mol. The number of hydrogen-bond donors (Lipinski definition) is 1. The third-order valence-electron chi connectivity index (χ3n) is 4.39. The Hall–Kier alpha value is -1.56. The Morgan fingerprint density at radius 3 is 2.42 bits per heavy atom. The van der Waals surface area contributed by atoms with Crippen molar-refractivity contribution in [1.29, 1.82) is 0 Å². The molecule has 0 unspecified atom stereocenters. The Kier molecular flexibility index (Phi) is 7.09. The van der Waals surface area contributed by atoms with E-state index in [1.165, 1.54) is 26.4 Å². The molecule has 1 aromatic rings. The Morgan fingerprint density at radius 2 is 1.75 bits per heavy atom. The first-order valence-electron chi connectivity index (χ1n) is 8.62. The minimum absolute atomic E-state index is 0.110. The highest BCUT2D eigenvalue weighted by atomic mass is 32.2. The molecule has 0 aromatic heterocycles. The number of ether oxygens (including phenoxy) is 1. The molecule has 0 saturated heterocycles. The fourth-order valence-electron chi connectivity index (χ4n) is 3.18. The molecule has 134 valence electrons. The van der Waals surface area contributed by atoms with E-state index in [0.717, 1.165) is 25.7 Å². The molecular formula is C18H27NO4S. The molecule has 0 spiro atoms. The van der Waals surface area contributed by atoms with E-state index in [-0.39, 0.29) is 11.8 Å². The molecule has 0 bridgehead atoms. The fourth-order valence-corrected chi connectivity index (χ4v) is 4.48. The van der Waals surface area contributed by atoms with Crippen molar-refractivity contribution in [2.45, 2.75) is 56.7 Å². The van der Waals surface area contributed by atoms with Crippen molar-refractivity contribution in [1.82, 2.24) is 5.32 Å². The van der Waals surface area contributed by atoms with Gasteiger partial charge < -0.3 is 10.1 Å². The van der Waals surface area contributed by atoms with Gasteiger partial charge >= 0.3 is 0 Å². The number of benzene rings is 1. The van der Waals surface area contributed by atoms with Crippen molar-refractivity contribution < 1.29 is 17.9 Å². The van der Waals surface area contributed by atoms with E-state index in [4.69, 9.17) is 4.74 Å². The van der Waals surface area contributed by atoms with Crippen molar-refractivity contribution in [3.8, 4) is 5.75 Å². The highest BCUT2D eigenvalue weighted by Gasteiger charge is 2.21. The zero-order chi connectivity index (χ0) is 17.4. The summed E-state index contributed by atoms with van der Waals surface area (Å²) in [4.78, 5) is 12.1. The van der Waals surface area contributed by atoms with E-state index in [1.807, 2.05) is 0 Å². The van der Waals surface area contributed by atoms with Crippen LogP contribution in [0.2, 0.25) is 0 Å². The Bertz CT molecular complexity index is 634. The number of carbonyl (C=O) groups is 1. The van der Waals surface area contributed by atoms with Crippen LogP contribution in [0.4, 0.5) is 0 Å². The first kappa shape index (κ1) is 18.8. The van der Waals surface area contributed by atoms with Crippen LogP contribution in [0.25, 0.3) is 0 Å². The molecule has 1 saturated carbocycles. The van der Waals surface area contributed by atoms with Gasteiger partial charge in [0.2, 0.25) is 5.91 Å². The summed E-state index contributed by atoms with van der Waals surface area (Å²) in [6.07, 6.45) is 7.72. The number of rotatable bonds is 6. The maximum atomic E-state index is 12.3. The third-order valence-corrected chi connectivity index (χ3v) is 5.84. The second-order valence-corrected chi connectivity index (χ2v) is 8.52. The molecule has 5 nitrogen and oxygen atoms in total. The molecule has 0 radical (unpaired) electrons. The minimum atomic E-state index is -3.53. The van der Waals surface area contributed by atoms with Gasteiger partial charge in [0.1, 0.15) is 11.5 Å². The Morgan fingerprint density at radius 1 is 1.12 bits per heavy atom. The van der Waals surface area contributed by atoms with E-state index < -0.39 is 21.5 Å². The van der Waals surface area contributed by atoms with Crippen LogP contribution in [0.15, 0.2) is 24.3 Å². The zero-order valence-corrected chi connectivity index (χ0v) is 15.1. The number of carbonyl (C=O) groups excluding carboxylic acids is 1. The topological polar surface area (TPSA) is 72.5 Å². The standard InChI is InChI=1S/C18H27NO4S/c1-23-17-12-8-7-9-15(17)13-24(21,22)14-18(20)19-16-10-5-3-2-4-6-11-16/h7-9,12,16H,2-6,10-11,13-14H2,1H3,(H,19,20). The summed E-state index contributed by atoms with van der Waals surface area (Å²) in [5.74, 6) is -0.520. The summed E-state index contributed by atoms with van der Waals surface area (Å²) in [7, 11) is -2.02. The predicted octanol–water partition coefficient (Wildman–Crippen LogP) is 2.84. The second kappa shape index (κ2) is 9.06. The van der Waals surface area contributed by atoms with E-state index >= 15 is 0 Å². The molecule has 1 aliphatic rings. The molecule has 0 heterocycles. The van der Waals surface area contributed by atoms with Crippen molar-refractivity contribution in [3.05, 3.63) is 29.8 Å². The first-order chi connectivity index (χ1) is 11.5. The van der Waals surface area contributed by atoms with E-state index in [0.29, 0.717) is 11.3 Å². The highest BCUT2D eigenvalue weighted by molar-refractivity contribution is 7.91. The summed E-state index contributed by atoms with van der Waals surface area (Å²) < 4.78 is 29.8. The van der Waals surface area contributed by atoms with Crippen molar-refractivity contribution in [2.24, 2.45) is 0 Å². The number of amides is 1. The van der Waals surface area contributed by atoms with Crippen LogP contribution in [0.1, 0.15) is 50.5 Å². The van der Waals surface area contributed by atoms with Gasteiger partial charge in [-0.05, 0) is 18.9 Å². The van der Waals surface area contributed by atoms with E-state index in [9.17, 15) is 13.2 Å². The lowest BCUT2D eigenvalue weighted by Crippen LogP contribution is -2.39. The van der Waals surface area contributed by atoms with Gasteiger partial charge in [0.05, 0.1) is 12.9 Å². The zero-order valence-electron chi connectivity index (χ0n) is 14.3. The number of para-hydroxylation sites is 1. The van der Waals surface area contributed by atoms with Crippen LogP contribution in [0, 0.1) is 0 Å². The van der Waals surface area contributed by atoms with Gasteiger partial charge in [-0.3, -0.25) is 4.79 Å². The first-order valence-corrected chi connectivity index (χ1v) is 10.4. The minimum Gasteiger partial charge on any atom is -0.496 e. The third kappa shape index (κ3) is 6.15. The average molecular weight is 353 g/mol. The quantitative estimate of drug-likeness (QED) is 0.853. The Balaban J connectivity index is 1.91. The van der Waals surface area contributed by atoms with Crippen LogP contribution in [-0.2, 0) is 20.4 Å². The Labute approximate surface area is 144 Å². The van der Waals surface area contributed by atoms with Crippen LogP contribution < -0.4 is 10.1 Å². The lowest BCUT2D eigenvalue weighted by molar-refractivity contribution is -0.119. The van der Waals surface area contributed by atoms with Crippen LogP contribution in [0.5, 0.6) is 5.75 Å². The van der Waals surface area contributed by atoms with Crippen molar-refractivity contribution >= 4 is 15.7 Å². The highest BCUT2D eigenvalue weighted by Crippen LogP contribution is 2.20. The summed E-state index contributed by atoms with van der Waals surface area (Å²) >= 11 is 0. The molecule has 1 fully saturated rings. The van der Waals surface area contributed by atoms with E-state index in [1.54, 1.807) is 24.3 Å². The summed E-state index contributed by atoms with van der Waals surface area (Å²) in [6.45, 7) is 0. The maximum absolute atomic E-state index is 12.3. The number of sulfone groups is 1. The van der Waals surface area contributed by atoms with E-state index in [2.05, 4.69) is 5.32 Å².